The van der Waals surface area contributed by atoms with E-state index >= 15 is 0 Å². The van der Waals surface area contributed by atoms with Gasteiger partial charge in [0.2, 0.25) is 0 Å². The Labute approximate surface area is 314 Å². The number of aromatic carboxylic acids is 1. The molecule has 0 saturated carbocycles. The van der Waals surface area contributed by atoms with Crippen molar-refractivity contribution < 1.29 is 24.2 Å². The van der Waals surface area contributed by atoms with Gasteiger partial charge in [0.1, 0.15) is 11.4 Å². The number of ether oxygens (including phenoxy) is 2. The molecule has 1 saturated heterocycles. The average Bonchev–Trinajstić information content (AvgIpc) is 3.58. The number of rotatable bonds is 12. The van der Waals surface area contributed by atoms with Crippen molar-refractivity contribution in [3.8, 4) is 16.9 Å². The van der Waals surface area contributed by atoms with Gasteiger partial charge in [-0.3, -0.25) is 14.4 Å². The van der Waals surface area contributed by atoms with Crippen LogP contribution in [-0.4, -0.2) is 82.7 Å². The number of carboxylic acid groups (broad SMARTS) is 1. The number of halogens is 2. The number of carbonyl (C=O) groups excluding carboxylic acids is 1. The van der Waals surface area contributed by atoms with Gasteiger partial charge >= 0.3 is 5.97 Å². The minimum atomic E-state index is -1.06. The summed E-state index contributed by atoms with van der Waals surface area (Å²) < 4.78 is 15.8. The highest BCUT2D eigenvalue weighted by Gasteiger charge is 2.30. The second-order valence-corrected chi connectivity index (χ2v) is 14.2. The molecule has 6 rings (SSSR count). The van der Waals surface area contributed by atoms with Crippen molar-refractivity contribution in [2.24, 2.45) is 7.05 Å². The van der Waals surface area contributed by atoms with Crippen LogP contribution in [0.2, 0.25) is 10.0 Å². The molecule has 10 nitrogen and oxygen atoms in total. The monoisotopic (exact) mass is 745 g/mol. The minimum Gasteiger partial charge on any atom is -0.494 e. The Bertz CT molecular complexity index is 2130. The molecule has 52 heavy (non-hydrogen) atoms. The summed E-state index contributed by atoms with van der Waals surface area (Å²) in [5.74, 6) is -0.559. The second-order valence-electron chi connectivity index (χ2n) is 13.5. The molecular weight excluding hydrogens is 701 g/mol. The molecule has 0 radical (unpaired) electrons. The van der Waals surface area contributed by atoms with Crippen molar-refractivity contribution in [2.75, 3.05) is 51.4 Å². The Kier molecular flexibility index (Phi) is 11.3. The van der Waals surface area contributed by atoms with Gasteiger partial charge in [-0.05, 0) is 93.6 Å². The molecule has 2 aromatic heterocycles. The molecule has 12 heteroatoms. The first-order valence-corrected chi connectivity index (χ1v) is 18.3. The number of carboxylic acids is 1. The molecule has 0 bridgehead atoms. The fraction of sp³-hybridized carbons (Fsp3) is 0.375. The van der Waals surface area contributed by atoms with Crippen LogP contribution in [0.3, 0.4) is 0 Å². The largest absolute Gasteiger partial charge is 0.494 e. The maximum absolute atomic E-state index is 15.0. The summed E-state index contributed by atoms with van der Waals surface area (Å²) in [6.45, 7) is 12.5. The van der Waals surface area contributed by atoms with Gasteiger partial charge in [-0.1, -0.05) is 35.3 Å². The van der Waals surface area contributed by atoms with Crippen molar-refractivity contribution in [3.05, 3.63) is 97.9 Å². The number of fused-ring (bicyclic) bond motifs is 1. The predicted octanol–water partition coefficient (Wildman–Crippen LogP) is 7.90. The van der Waals surface area contributed by atoms with E-state index in [1.165, 1.54) is 17.0 Å². The number of carbonyl (C=O) groups is 2. The molecule has 5 aromatic rings. The molecule has 0 unspecified atom stereocenters. The van der Waals surface area contributed by atoms with Crippen LogP contribution in [0.1, 0.15) is 55.3 Å². The summed E-state index contributed by atoms with van der Waals surface area (Å²) in [6, 6.07) is 14.2. The zero-order valence-corrected chi connectivity index (χ0v) is 32.1. The molecule has 0 spiro atoms. The SMILES string of the molecule is Cc1cc(OCCCc2c(C(=O)N(C)c3cccc(C(=O)O)c3)n(CCN3CCOCC3)c3c(-c4c(C)nn(C)c4C)c(Cl)ccc23)cc(C)c1Cl. The van der Waals surface area contributed by atoms with E-state index in [9.17, 15) is 14.7 Å². The second kappa shape index (κ2) is 15.7. The van der Waals surface area contributed by atoms with Crippen LogP contribution in [0.25, 0.3) is 22.0 Å². The Morgan fingerprint density at radius 2 is 1.69 bits per heavy atom. The first kappa shape index (κ1) is 37.4. The van der Waals surface area contributed by atoms with E-state index in [1.807, 2.05) is 63.7 Å². The van der Waals surface area contributed by atoms with Crippen LogP contribution in [-0.2, 0) is 24.8 Å². The van der Waals surface area contributed by atoms with Crippen molar-refractivity contribution in [1.29, 1.82) is 0 Å². The number of aryl methyl sites for hydroxylation is 5. The summed E-state index contributed by atoms with van der Waals surface area (Å²) in [4.78, 5) is 30.7. The number of hydrogen-bond donors (Lipinski definition) is 1. The number of nitrogens with zero attached hydrogens (tertiary/aromatic N) is 5. The molecule has 3 aromatic carbocycles. The van der Waals surface area contributed by atoms with Gasteiger partial charge in [0, 0.05) is 73.2 Å². The number of amides is 1. The fourth-order valence-corrected chi connectivity index (χ4v) is 7.56. The fourth-order valence-electron chi connectivity index (χ4n) is 7.21. The summed E-state index contributed by atoms with van der Waals surface area (Å²) in [5.41, 5.74) is 8.36. The van der Waals surface area contributed by atoms with E-state index in [2.05, 4.69) is 9.47 Å². The van der Waals surface area contributed by atoms with Crippen LogP contribution < -0.4 is 9.64 Å². The third-order valence-electron chi connectivity index (χ3n) is 10.0. The number of benzene rings is 3. The minimum absolute atomic E-state index is 0.103. The number of anilines is 1. The van der Waals surface area contributed by atoms with E-state index in [1.54, 1.807) is 19.2 Å². The lowest BCUT2D eigenvalue weighted by Crippen LogP contribution is -2.38. The van der Waals surface area contributed by atoms with Crippen molar-refractivity contribution >= 4 is 51.7 Å². The molecule has 274 valence electrons. The van der Waals surface area contributed by atoms with Crippen molar-refractivity contribution in [1.82, 2.24) is 19.2 Å². The Balaban J connectivity index is 1.50. The quantitative estimate of drug-likeness (QED) is 0.130. The number of morpholine rings is 1. The lowest BCUT2D eigenvalue weighted by atomic mass is 9.98. The van der Waals surface area contributed by atoms with E-state index in [4.69, 9.17) is 37.8 Å². The standard InChI is InChI=1S/C40H45Cl2N5O5/c1-24-21-30(22-25(2)36(24)42)52-18-8-11-31-32-12-13-33(41)35(34-26(3)43-45(6)27(34)4)37(32)47(15-14-46-16-19-51-20-17-46)38(31)39(48)44(5)29-10-7-9-28(23-29)40(49)50/h7,9-10,12-13,21-23H,8,11,14-20H2,1-6H3,(H,49,50). The summed E-state index contributed by atoms with van der Waals surface area (Å²) >= 11 is 13.5. The highest BCUT2D eigenvalue weighted by Crippen LogP contribution is 2.42. The Morgan fingerprint density at radius 1 is 0.981 bits per heavy atom. The van der Waals surface area contributed by atoms with E-state index < -0.39 is 5.97 Å². The van der Waals surface area contributed by atoms with Gasteiger partial charge < -0.3 is 24.0 Å². The summed E-state index contributed by atoms with van der Waals surface area (Å²) in [6.07, 6.45) is 1.17. The van der Waals surface area contributed by atoms with E-state index in [0.717, 1.165) is 74.0 Å². The molecule has 3 heterocycles. The maximum Gasteiger partial charge on any atom is 0.335 e. The molecule has 0 atom stereocenters. The summed E-state index contributed by atoms with van der Waals surface area (Å²) in [7, 11) is 3.61. The predicted molar refractivity (Wildman–Crippen MR) is 207 cm³/mol. The summed E-state index contributed by atoms with van der Waals surface area (Å²) in [5, 5.41) is 16.7. The molecule has 0 aliphatic carbocycles. The van der Waals surface area contributed by atoms with Gasteiger partial charge in [0.15, 0.2) is 0 Å². The lowest BCUT2D eigenvalue weighted by molar-refractivity contribution is 0.0364. The van der Waals surface area contributed by atoms with Crippen LogP contribution in [0.15, 0.2) is 48.5 Å². The van der Waals surface area contributed by atoms with Crippen LogP contribution >= 0.6 is 23.2 Å². The van der Waals surface area contributed by atoms with Gasteiger partial charge in [0.05, 0.1) is 41.6 Å². The first-order chi connectivity index (χ1) is 24.9. The van der Waals surface area contributed by atoms with Crippen molar-refractivity contribution in [3.63, 3.8) is 0 Å². The van der Waals surface area contributed by atoms with Crippen molar-refractivity contribution in [2.45, 2.75) is 47.1 Å². The highest BCUT2D eigenvalue weighted by atomic mass is 35.5. The molecule has 1 N–H and O–H groups in total. The molecular formula is C40H45Cl2N5O5. The third kappa shape index (κ3) is 7.43. The van der Waals surface area contributed by atoms with Gasteiger partial charge in [-0.25, -0.2) is 4.79 Å². The first-order valence-electron chi connectivity index (χ1n) is 17.5. The molecule has 1 fully saturated rings. The van der Waals surface area contributed by atoms with Crippen LogP contribution in [0.4, 0.5) is 5.69 Å². The van der Waals surface area contributed by atoms with E-state index in [-0.39, 0.29) is 11.5 Å². The highest BCUT2D eigenvalue weighted by molar-refractivity contribution is 6.35. The van der Waals surface area contributed by atoms with E-state index in [0.29, 0.717) is 62.2 Å². The van der Waals surface area contributed by atoms with Crippen LogP contribution in [0.5, 0.6) is 5.75 Å². The smallest absolute Gasteiger partial charge is 0.335 e. The Morgan fingerprint density at radius 3 is 2.35 bits per heavy atom. The zero-order chi connectivity index (χ0) is 37.3. The van der Waals surface area contributed by atoms with Gasteiger partial charge in [0.25, 0.3) is 5.91 Å². The molecule has 1 aliphatic heterocycles. The topological polar surface area (TPSA) is 102 Å². The molecule has 1 amide bonds. The van der Waals surface area contributed by atoms with Gasteiger partial charge in [-0.15, -0.1) is 0 Å². The number of aromatic nitrogens is 3. The van der Waals surface area contributed by atoms with Gasteiger partial charge in [-0.2, -0.15) is 5.10 Å². The number of hydrogen-bond acceptors (Lipinski definition) is 6. The lowest BCUT2D eigenvalue weighted by Gasteiger charge is -2.28. The third-order valence-corrected chi connectivity index (χ3v) is 10.9. The Hall–Kier alpha value is -4.35. The normalized spacial score (nSPS) is 13.5. The van der Waals surface area contributed by atoms with Crippen LogP contribution in [0, 0.1) is 27.7 Å². The molecule has 1 aliphatic rings. The zero-order valence-electron chi connectivity index (χ0n) is 30.6. The maximum atomic E-state index is 15.0. The average molecular weight is 747 g/mol.